The number of rotatable bonds is 5. The first-order valence-electron chi connectivity index (χ1n) is 17.0. The summed E-state index contributed by atoms with van der Waals surface area (Å²) in [5.41, 5.74) is 8.83. The lowest BCUT2D eigenvalue weighted by molar-refractivity contribution is 0.512. The van der Waals surface area contributed by atoms with Crippen molar-refractivity contribution in [2.45, 2.75) is 25.2 Å². The number of aliphatic hydroxyl groups excluding tert-OH is 1. The van der Waals surface area contributed by atoms with Gasteiger partial charge in [0.1, 0.15) is 16.9 Å². The quantitative estimate of drug-likeness (QED) is 0.113. The van der Waals surface area contributed by atoms with E-state index in [2.05, 4.69) is 111 Å². The summed E-state index contributed by atoms with van der Waals surface area (Å²) in [4.78, 5) is 2.69. The molecule has 7 aromatic carbocycles. The Morgan fingerprint density at radius 1 is 0.580 bits per heavy atom. The highest BCUT2D eigenvalue weighted by Gasteiger charge is 2.21. The van der Waals surface area contributed by atoms with Crippen LogP contribution in [-0.4, -0.2) is 5.11 Å². The summed E-state index contributed by atoms with van der Waals surface area (Å²) in [6.45, 7) is 4.37. The van der Waals surface area contributed by atoms with E-state index in [4.69, 9.17) is 4.42 Å². The van der Waals surface area contributed by atoms with E-state index in [1.54, 1.807) is 6.08 Å². The Balaban J connectivity index is 1.11. The van der Waals surface area contributed by atoms with Crippen LogP contribution in [0, 0.1) is 0 Å². The zero-order valence-electron chi connectivity index (χ0n) is 27.9. The number of hydrogen-bond donors (Lipinski definition) is 1. The van der Waals surface area contributed by atoms with E-state index in [-0.39, 0.29) is 5.76 Å². The molecule has 50 heavy (non-hydrogen) atoms. The molecular formula is C47H34O2S. The summed E-state index contributed by atoms with van der Waals surface area (Å²) in [6, 6.07) is 44.4. The molecule has 0 amide bonds. The molecule has 0 saturated heterocycles. The van der Waals surface area contributed by atoms with Crippen LogP contribution in [0.15, 0.2) is 166 Å². The van der Waals surface area contributed by atoms with Gasteiger partial charge in [0.15, 0.2) is 0 Å². The third-order valence-corrected chi connectivity index (χ3v) is 11.2. The zero-order chi connectivity index (χ0) is 33.8. The van der Waals surface area contributed by atoms with Gasteiger partial charge >= 0.3 is 0 Å². The Kier molecular flexibility index (Phi) is 7.44. The highest BCUT2D eigenvalue weighted by molar-refractivity contribution is 8.03. The van der Waals surface area contributed by atoms with E-state index in [1.807, 2.05) is 60.3 Å². The Labute approximate surface area is 295 Å². The van der Waals surface area contributed by atoms with Gasteiger partial charge in [-0.15, -0.1) is 0 Å². The average molecular weight is 663 g/mol. The molecule has 0 fully saturated rings. The zero-order valence-corrected chi connectivity index (χ0v) is 28.7. The first-order valence-corrected chi connectivity index (χ1v) is 17.8. The van der Waals surface area contributed by atoms with Gasteiger partial charge in [-0.25, -0.2) is 0 Å². The number of furan rings is 1. The van der Waals surface area contributed by atoms with E-state index < -0.39 is 0 Å². The van der Waals surface area contributed by atoms with E-state index >= 15 is 0 Å². The molecule has 8 aromatic rings. The van der Waals surface area contributed by atoms with Gasteiger partial charge in [0.05, 0.1) is 0 Å². The third kappa shape index (κ3) is 5.14. The highest BCUT2D eigenvalue weighted by Crippen LogP contribution is 2.46. The lowest BCUT2D eigenvalue weighted by atomic mass is 9.86. The summed E-state index contributed by atoms with van der Waals surface area (Å²) >= 11 is 1.89. The normalized spacial score (nSPS) is 14.9. The van der Waals surface area contributed by atoms with Gasteiger partial charge in [0.2, 0.25) is 0 Å². The molecule has 3 heteroatoms. The van der Waals surface area contributed by atoms with Crippen LogP contribution < -0.4 is 0 Å². The molecule has 0 atom stereocenters. The predicted octanol–water partition coefficient (Wildman–Crippen LogP) is 13.7. The van der Waals surface area contributed by atoms with Gasteiger partial charge in [-0.1, -0.05) is 139 Å². The Morgan fingerprint density at radius 3 is 1.86 bits per heavy atom. The van der Waals surface area contributed by atoms with Crippen LogP contribution in [0.1, 0.15) is 36.1 Å². The fourth-order valence-corrected chi connectivity index (χ4v) is 8.72. The minimum Gasteiger partial charge on any atom is -0.507 e. The van der Waals surface area contributed by atoms with E-state index in [9.17, 15) is 5.11 Å². The average Bonchev–Trinajstić information content (AvgIpc) is 3.75. The van der Waals surface area contributed by atoms with Crippen LogP contribution in [0.4, 0.5) is 0 Å². The molecule has 0 spiro atoms. The minimum absolute atomic E-state index is 0.255. The molecule has 0 unspecified atom stereocenters. The maximum Gasteiger partial charge on any atom is 0.136 e. The molecule has 9 rings (SSSR count). The lowest BCUT2D eigenvalue weighted by Gasteiger charge is -2.18. The molecule has 0 aliphatic carbocycles. The van der Waals surface area contributed by atoms with Crippen molar-refractivity contribution in [3.63, 3.8) is 0 Å². The van der Waals surface area contributed by atoms with Gasteiger partial charge in [0.25, 0.3) is 0 Å². The molecular weight excluding hydrogens is 629 g/mol. The maximum absolute atomic E-state index is 10.8. The number of para-hydroxylation sites is 1. The number of fused-ring (bicyclic) bond motifs is 8. The number of aliphatic hydroxyl groups is 1. The van der Waals surface area contributed by atoms with Gasteiger partial charge in [-0.2, -0.15) is 0 Å². The topological polar surface area (TPSA) is 33.4 Å². The summed E-state index contributed by atoms with van der Waals surface area (Å²) in [7, 11) is 0. The minimum atomic E-state index is 0.255. The SMILES string of the molecule is C/C(=C\C=C(/O)c1ccccc1)c1c2ccccc2c(/C(C)=C/C=C2\Cc3ccc4cc5oc6ccccc6c5cc4c3S2)c2ccccc12. The maximum atomic E-state index is 10.8. The van der Waals surface area contributed by atoms with Crippen molar-refractivity contribution < 1.29 is 9.52 Å². The van der Waals surface area contributed by atoms with Gasteiger partial charge < -0.3 is 9.52 Å². The Hall–Kier alpha value is -5.77. The molecule has 1 aliphatic rings. The highest BCUT2D eigenvalue weighted by atomic mass is 32.2. The summed E-state index contributed by atoms with van der Waals surface area (Å²) < 4.78 is 6.19. The van der Waals surface area contributed by atoms with Gasteiger partial charge in [0, 0.05) is 27.7 Å². The van der Waals surface area contributed by atoms with Crippen molar-refractivity contribution in [1.82, 2.24) is 0 Å². The van der Waals surface area contributed by atoms with Crippen LogP contribution in [0.2, 0.25) is 0 Å². The van der Waals surface area contributed by atoms with Crippen molar-refractivity contribution in [3.05, 3.63) is 179 Å². The fourth-order valence-electron chi connectivity index (χ4n) is 7.54. The molecule has 1 N–H and O–H groups in total. The summed E-state index contributed by atoms with van der Waals surface area (Å²) in [5.74, 6) is 0.255. The predicted molar refractivity (Wildman–Crippen MR) is 215 cm³/mol. The molecule has 1 aliphatic heterocycles. The number of benzene rings is 7. The molecule has 240 valence electrons. The summed E-state index contributed by atoms with van der Waals surface area (Å²) in [6.07, 6.45) is 9.38. The first kappa shape index (κ1) is 30.3. The second-order valence-corrected chi connectivity index (χ2v) is 14.2. The smallest absolute Gasteiger partial charge is 0.136 e. The van der Waals surface area contributed by atoms with Crippen LogP contribution >= 0.6 is 11.8 Å². The number of hydrogen-bond acceptors (Lipinski definition) is 3. The largest absolute Gasteiger partial charge is 0.507 e. The number of thioether (sulfide) groups is 1. The van der Waals surface area contributed by atoms with Crippen molar-refractivity contribution in [1.29, 1.82) is 0 Å². The Bertz CT molecular complexity index is 2720. The van der Waals surface area contributed by atoms with Crippen molar-refractivity contribution in [2.75, 3.05) is 0 Å². The van der Waals surface area contributed by atoms with E-state index in [0.29, 0.717) is 0 Å². The van der Waals surface area contributed by atoms with Crippen LogP contribution in [-0.2, 0) is 6.42 Å². The van der Waals surface area contributed by atoms with Crippen molar-refractivity contribution in [3.8, 4) is 0 Å². The Morgan fingerprint density at radius 2 is 1.18 bits per heavy atom. The van der Waals surface area contributed by atoms with Crippen molar-refractivity contribution >= 4 is 82.9 Å². The fraction of sp³-hybridized carbons (Fsp3) is 0.0638. The van der Waals surface area contributed by atoms with Crippen molar-refractivity contribution in [2.24, 2.45) is 0 Å². The lowest BCUT2D eigenvalue weighted by Crippen LogP contribution is -1.94. The van der Waals surface area contributed by atoms with Crippen LogP contribution in [0.3, 0.4) is 0 Å². The van der Waals surface area contributed by atoms with Gasteiger partial charge in [-0.05, 0) is 103 Å². The van der Waals surface area contributed by atoms with Gasteiger partial charge in [-0.3, -0.25) is 0 Å². The standard InChI is InChI=1S/C47H34O2S/c1-29(20-24-34-26-33-23-22-32-27-44-41(28-40(32)47(33)50-34)35-14-10-11-19-43(35)49-44)45-36-15-6-8-17-38(36)46(39-18-9-7-16-37(39)45)30(2)21-25-42(48)31-12-4-3-5-13-31/h3-25,27-28,48H,26H2,1-2H3/b29-20+,30-21+,34-24+,42-25-. The second kappa shape index (κ2) is 12.3. The second-order valence-electron chi connectivity index (χ2n) is 13.1. The first-order chi connectivity index (χ1) is 24.5. The number of allylic oxidation sites excluding steroid dienone is 7. The monoisotopic (exact) mass is 662 g/mol. The third-order valence-electron chi connectivity index (χ3n) is 9.95. The molecule has 2 heterocycles. The van der Waals surface area contributed by atoms with Crippen LogP contribution in [0.25, 0.3) is 71.2 Å². The van der Waals surface area contributed by atoms with Crippen LogP contribution in [0.5, 0.6) is 0 Å². The van der Waals surface area contributed by atoms with E-state index in [0.717, 1.165) is 34.1 Å². The molecule has 1 aromatic heterocycles. The summed E-state index contributed by atoms with van der Waals surface area (Å²) in [5, 5.41) is 20.5. The molecule has 0 radical (unpaired) electrons. The molecule has 2 nitrogen and oxygen atoms in total. The molecule has 0 saturated carbocycles. The molecule has 0 bridgehead atoms. The van der Waals surface area contributed by atoms with E-state index in [1.165, 1.54) is 69.8 Å².